The number of imidazole rings is 1. The zero-order valence-corrected chi connectivity index (χ0v) is 11.8. The van der Waals surface area contributed by atoms with E-state index in [2.05, 4.69) is 28.4 Å². The summed E-state index contributed by atoms with van der Waals surface area (Å²) in [5.74, 6) is 1.00. The third-order valence-electron chi connectivity index (χ3n) is 3.36. The highest BCUT2D eigenvalue weighted by molar-refractivity contribution is 5.79. The molecule has 0 amide bonds. The van der Waals surface area contributed by atoms with Crippen LogP contribution >= 0.6 is 0 Å². The highest BCUT2D eigenvalue weighted by atomic mass is 16.3. The molecule has 0 saturated carbocycles. The molecule has 0 aliphatic heterocycles. The lowest BCUT2D eigenvalue weighted by molar-refractivity contribution is 0.476. The molecule has 0 saturated heterocycles. The molecule has 0 atom stereocenters. The molecule has 0 bridgehead atoms. The van der Waals surface area contributed by atoms with Gasteiger partial charge in [0.05, 0.1) is 5.56 Å². The fourth-order valence-corrected chi connectivity index (χ4v) is 2.44. The number of hydrogen-bond donors (Lipinski definition) is 1. The van der Waals surface area contributed by atoms with Gasteiger partial charge in [-0.05, 0) is 45.0 Å². The molecule has 0 aliphatic rings. The summed E-state index contributed by atoms with van der Waals surface area (Å²) in [7, 11) is 0. The molecule has 0 spiro atoms. The molecule has 0 unspecified atom stereocenters. The first-order valence-electron chi connectivity index (χ1n) is 6.71. The van der Waals surface area contributed by atoms with E-state index in [0.29, 0.717) is 0 Å². The van der Waals surface area contributed by atoms with Crippen LogP contribution in [0.25, 0.3) is 22.6 Å². The van der Waals surface area contributed by atoms with Crippen molar-refractivity contribution < 1.29 is 5.11 Å². The SMILES string of the molecule is Cc1ccc(O)c(-c2nc3cccnc3n2C(C)C)c1. The van der Waals surface area contributed by atoms with Crippen LogP contribution in [0.4, 0.5) is 0 Å². The maximum Gasteiger partial charge on any atom is 0.160 e. The summed E-state index contributed by atoms with van der Waals surface area (Å²) in [5, 5.41) is 10.1. The van der Waals surface area contributed by atoms with Crippen molar-refractivity contribution in [2.24, 2.45) is 0 Å². The molecule has 4 nitrogen and oxygen atoms in total. The fourth-order valence-electron chi connectivity index (χ4n) is 2.44. The summed E-state index contributed by atoms with van der Waals surface area (Å²) in [4.78, 5) is 9.07. The Kier molecular flexibility index (Phi) is 2.93. The maximum atomic E-state index is 10.1. The van der Waals surface area contributed by atoms with Crippen LogP contribution in [0.1, 0.15) is 25.5 Å². The second kappa shape index (κ2) is 4.63. The van der Waals surface area contributed by atoms with E-state index in [9.17, 15) is 5.11 Å². The van der Waals surface area contributed by atoms with E-state index in [1.807, 2.05) is 31.2 Å². The minimum atomic E-state index is 0.213. The molecule has 3 aromatic rings. The number of aromatic hydroxyl groups is 1. The lowest BCUT2D eigenvalue weighted by Crippen LogP contribution is -2.04. The Morgan fingerprint density at radius 3 is 2.75 bits per heavy atom. The van der Waals surface area contributed by atoms with Crippen LogP contribution < -0.4 is 0 Å². The van der Waals surface area contributed by atoms with Gasteiger partial charge in [-0.3, -0.25) is 0 Å². The molecule has 4 heteroatoms. The Hall–Kier alpha value is -2.36. The van der Waals surface area contributed by atoms with Gasteiger partial charge in [0.2, 0.25) is 0 Å². The third-order valence-corrected chi connectivity index (χ3v) is 3.36. The van der Waals surface area contributed by atoms with Crippen molar-refractivity contribution in [3.8, 4) is 17.1 Å². The van der Waals surface area contributed by atoms with Gasteiger partial charge in [-0.1, -0.05) is 11.6 Å². The van der Waals surface area contributed by atoms with Gasteiger partial charge >= 0.3 is 0 Å². The number of aryl methyl sites for hydroxylation is 1. The van der Waals surface area contributed by atoms with E-state index >= 15 is 0 Å². The predicted octanol–water partition coefficient (Wildman–Crippen LogP) is 3.69. The van der Waals surface area contributed by atoms with Crippen molar-refractivity contribution in [3.05, 3.63) is 42.1 Å². The van der Waals surface area contributed by atoms with Gasteiger partial charge in [0, 0.05) is 12.2 Å². The first-order chi connectivity index (χ1) is 9.58. The number of pyridine rings is 1. The van der Waals surface area contributed by atoms with E-state index in [1.165, 1.54) is 0 Å². The van der Waals surface area contributed by atoms with Gasteiger partial charge < -0.3 is 9.67 Å². The van der Waals surface area contributed by atoms with E-state index in [1.54, 1.807) is 12.3 Å². The summed E-state index contributed by atoms with van der Waals surface area (Å²) >= 11 is 0. The molecular weight excluding hydrogens is 250 g/mol. The number of phenolic OH excluding ortho intramolecular Hbond substituents is 1. The molecule has 0 radical (unpaired) electrons. The van der Waals surface area contributed by atoms with Crippen LogP contribution in [0.15, 0.2) is 36.5 Å². The predicted molar refractivity (Wildman–Crippen MR) is 79.8 cm³/mol. The smallest absolute Gasteiger partial charge is 0.160 e. The third kappa shape index (κ3) is 1.93. The molecule has 1 N–H and O–H groups in total. The lowest BCUT2D eigenvalue weighted by atomic mass is 10.1. The lowest BCUT2D eigenvalue weighted by Gasteiger charge is -2.13. The zero-order valence-electron chi connectivity index (χ0n) is 11.8. The Bertz CT molecular complexity index is 774. The number of phenols is 1. The van der Waals surface area contributed by atoms with Gasteiger partial charge in [0.15, 0.2) is 5.65 Å². The number of hydrogen-bond acceptors (Lipinski definition) is 3. The minimum absolute atomic E-state index is 0.213. The monoisotopic (exact) mass is 267 g/mol. The highest BCUT2D eigenvalue weighted by Gasteiger charge is 2.18. The molecule has 2 heterocycles. The van der Waals surface area contributed by atoms with Crippen molar-refractivity contribution in [2.75, 3.05) is 0 Å². The van der Waals surface area contributed by atoms with E-state index in [0.717, 1.165) is 28.1 Å². The molecule has 3 rings (SSSR count). The van der Waals surface area contributed by atoms with Crippen molar-refractivity contribution in [3.63, 3.8) is 0 Å². The van der Waals surface area contributed by atoms with Gasteiger partial charge in [-0.25, -0.2) is 9.97 Å². The van der Waals surface area contributed by atoms with Crippen LogP contribution in [0.2, 0.25) is 0 Å². The van der Waals surface area contributed by atoms with Crippen LogP contribution in [0.5, 0.6) is 5.75 Å². The largest absolute Gasteiger partial charge is 0.507 e. The molecule has 2 aromatic heterocycles. The van der Waals surface area contributed by atoms with E-state index < -0.39 is 0 Å². The normalized spacial score (nSPS) is 11.4. The maximum absolute atomic E-state index is 10.1. The Morgan fingerprint density at radius 1 is 1.20 bits per heavy atom. The van der Waals surface area contributed by atoms with Crippen LogP contribution in [-0.2, 0) is 0 Å². The van der Waals surface area contributed by atoms with Gasteiger partial charge in [0.1, 0.15) is 17.1 Å². The summed E-state index contributed by atoms with van der Waals surface area (Å²) in [6.07, 6.45) is 1.77. The van der Waals surface area contributed by atoms with E-state index in [4.69, 9.17) is 0 Å². The highest BCUT2D eigenvalue weighted by Crippen LogP contribution is 2.33. The fraction of sp³-hybridized carbons (Fsp3) is 0.250. The topological polar surface area (TPSA) is 50.9 Å². The molecule has 0 aliphatic carbocycles. The van der Waals surface area contributed by atoms with Gasteiger partial charge in [-0.15, -0.1) is 0 Å². The summed E-state index contributed by atoms with van der Waals surface area (Å²) in [5.41, 5.74) is 3.53. The van der Waals surface area contributed by atoms with Crippen molar-refractivity contribution in [1.82, 2.24) is 14.5 Å². The van der Waals surface area contributed by atoms with Gasteiger partial charge in [0.25, 0.3) is 0 Å². The first-order valence-corrected chi connectivity index (χ1v) is 6.71. The molecule has 1 aromatic carbocycles. The zero-order chi connectivity index (χ0) is 14.3. The summed E-state index contributed by atoms with van der Waals surface area (Å²) in [6.45, 7) is 6.18. The summed E-state index contributed by atoms with van der Waals surface area (Å²) < 4.78 is 2.06. The Morgan fingerprint density at radius 2 is 2.00 bits per heavy atom. The average molecular weight is 267 g/mol. The number of aromatic nitrogens is 3. The first kappa shape index (κ1) is 12.7. The molecular formula is C16H17N3O. The van der Waals surface area contributed by atoms with Crippen LogP contribution in [0.3, 0.4) is 0 Å². The Labute approximate surface area is 117 Å². The number of nitrogens with zero attached hydrogens (tertiary/aromatic N) is 3. The van der Waals surface area contributed by atoms with Crippen LogP contribution in [0, 0.1) is 6.92 Å². The average Bonchev–Trinajstić information content (AvgIpc) is 2.80. The van der Waals surface area contributed by atoms with Crippen molar-refractivity contribution in [1.29, 1.82) is 0 Å². The number of fused-ring (bicyclic) bond motifs is 1. The van der Waals surface area contributed by atoms with Gasteiger partial charge in [-0.2, -0.15) is 0 Å². The second-order valence-corrected chi connectivity index (χ2v) is 5.27. The van der Waals surface area contributed by atoms with Crippen molar-refractivity contribution >= 4 is 11.2 Å². The Balaban J connectivity index is 2.35. The minimum Gasteiger partial charge on any atom is -0.507 e. The molecule has 102 valence electrons. The van der Waals surface area contributed by atoms with Crippen LogP contribution in [-0.4, -0.2) is 19.6 Å². The summed E-state index contributed by atoms with van der Waals surface area (Å²) in [6, 6.07) is 9.58. The molecule has 0 fully saturated rings. The van der Waals surface area contributed by atoms with Crippen molar-refractivity contribution in [2.45, 2.75) is 26.8 Å². The number of rotatable bonds is 2. The quantitative estimate of drug-likeness (QED) is 0.770. The second-order valence-electron chi connectivity index (χ2n) is 5.27. The number of benzene rings is 1. The molecule has 20 heavy (non-hydrogen) atoms. The standard InChI is InChI=1S/C16H17N3O/c1-10(2)19-15(12-9-11(3)6-7-14(12)20)18-13-5-4-8-17-16(13)19/h4-10,20H,1-3H3. The van der Waals surface area contributed by atoms with E-state index in [-0.39, 0.29) is 11.8 Å².